The number of halogens is 1. The molecular weight excluding hydrogens is 283 g/mol. The Labute approximate surface area is 116 Å². The zero-order chi connectivity index (χ0) is 14.5. The van der Waals surface area contributed by atoms with Gasteiger partial charge in [-0.15, -0.1) is 11.3 Å². The Hall–Kier alpha value is -2.70. The number of hydrogen-bond acceptors (Lipinski definition) is 4. The Balaban J connectivity index is 2.39. The first kappa shape index (κ1) is 13.7. The van der Waals surface area contributed by atoms with Crippen LogP contribution in [-0.4, -0.2) is 16.1 Å². The molecule has 0 aliphatic rings. The molecule has 0 fully saturated rings. The molecule has 20 heavy (non-hydrogen) atoms. The number of benzene rings is 1. The summed E-state index contributed by atoms with van der Waals surface area (Å²) in [5, 5.41) is 12.3. The molecule has 0 aliphatic carbocycles. The zero-order valence-corrected chi connectivity index (χ0v) is 10.7. The first-order chi connectivity index (χ1) is 9.61. The number of aliphatic carboxylic acids is 1. The molecule has 0 aliphatic heterocycles. The van der Waals surface area contributed by atoms with E-state index in [0.29, 0.717) is 15.4 Å². The van der Waals surface area contributed by atoms with Crippen LogP contribution in [0.1, 0.15) is 4.88 Å². The first-order valence-corrected chi connectivity index (χ1v) is 6.14. The summed E-state index contributed by atoms with van der Waals surface area (Å²) < 4.78 is 13.6. The molecule has 100 valence electrons. The van der Waals surface area contributed by atoms with E-state index in [2.05, 4.69) is 15.0 Å². The number of azide groups is 1. The largest absolute Gasteiger partial charge is 0.478 e. The molecule has 0 amide bonds. The fraction of sp³-hybridized carbons (Fsp3) is 0. The van der Waals surface area contributed by atoms with Crippen LogP contribution in [0, 0.1) is 5.82 Å². The Kier molecular flexibility index (Phi) is 4.09. The number of aromatic nitrogens is 1. The predicted octanol–water partition coefficient (Wildman–Crippen LogP) is 3.69. The number of carboxylic acids is 1. The van der Waals surface area contributed by atoms with Gasteiger partial charge in [-0.3, -0.25) is 0 Å². The van der Waals surface area contributed by atoms with Crippen molar-refractivity contribution in [3.8, 4) is 10.6 Å². The maximum atomic E-state index is 13.6. The van der Waals surface area contributed by atoms with Crippen LogP contribution in [-0.2, 0) is 4.79 Å². The van der Waals surface area contributed by atoms with E-state index in [-0.39, 0.29) is 0 Å². The second kappa shape index (κ2) is 5.96. The average molecular weight is 290 g/mol. The number of thiazole rings is 1. The van der Waals surface area contributed by atoms with Crippen LogP contribution in [0.4, 0.5) is 4.39 Å². The zero-order valence-electron chi connectivity index (χ0n) is 9.89. The van der Waals surface area contributed by atoms with Gasteiger partial charge in [-0.2, -0.15) is 0 Å². The van der Waals surface area contributed by atoms with Gasteiger partial charge in [0.25, 0.3) is 0 Å². The molecule has 0 spiro atoms. The lowest BCUT2D eigenvalue weighted by atomic mass is 10.2. The van der Waals surface area contributed by atoms with Gasteiger partial charge in [0, 0.05) is 21.5 Å². The van der Waals surface area contributed by atoms with Gasteiger partial charge >= 0.3 is 5.97 Å². The summed E-state index contributed by atoms with van der Waals surface area (Å²) in [6.07, 6.45) is 2.58. The first-order valence-electron chi connectivity index (χ1n) is 5.32. The fourth-order valence-corrected chi connectivity index (χ4v) is 2.31. The van der Waals surface area contributed by atoms with E-state index in [4.69, 9.17) is 10.6 Å². The number of rotatable bonds is 4. The van der Waals surface area contributed by atoms with Gasteiger partial charge < -0.3 is 5.11 Å². The van der Waals surface area contributed by atoms with E-state index in [1.807, 2.05) is 0 Å². The summed E-state index contributed by atoms with van der Waals surface area (Å²) in [5.41, 5.74) is 8.16. The molecule has 1 heterocycles. The highest BCUT2D eigenvalue weighted by Crippen LogP contribution is 2.28. The number of hydrogen-bond donors (Lipinski definition) is 1. The van der Waals surface area contributed by atoms with Crippen molar-refractivity contribution in [2.75, 3.05) is 0 Å². The summed E-state index contributed by atoms with van der Waals surface area (Å²) in [4.78, 5) is 17.7. The lowest BCUT2D eigenvalue weighted by Gasteiger charge is -1.96. The van der Waals surface area contributed by atoms with E-state index in [1.165, 1.54) is 18.3 Å². The van der Waals surface area contributed by atoms with Crippen molar-refractivity contribution < 1.29 is 14.3 Å². The smallest absolute Gasteiger partial charge is 0.338 e. The van der Waals surface area contributed by atoms with Crippen LogP contribution in [0.5, 0.6) is 0 Å². The minimum Gasteiger partial charge on any atom is -0.478 e. The summed E-state index contributed by atoms with van der Waals surface area (Å²) in [6, 6.07) is 6.14. The van der Waals surface area contributed by atoms with Crippen molar-refractivity contribution in [2.45, 2.75) is 0 Å². The molecule has 0 radical (unpaired) electrons. The number of nitrogens with zero attached hydrogens (tertiary/aromatic N) is 4. The van der Waals surface area contributed by atoms with E-state index >= 15 is 0 Å². The molecule has 8 heteroatoms. The molecule has 1 N–H and O–H groups in total. The molecule has 0 saturated carbocycles. The third kappa shape index (κ3) is 3.00. The van der Waals surface area contributed by atoms with Gasteiger partial charge in [-0.1, -0.05) is 17.2 Å². The molecule has 6 nitrogen and oxygen atoms in total. The van der Waals surface area contributed by atoms with Gasteiger partial charge in [0.1, 0.15) is 16.5 Å². The summed E-state index contributed by atoms with van der Waals surface area (Å²) in [5.74, 6) is -1.76. The lowest BCUT2D eigenvalue weighted by Crippen LogP contribution is -1.95. The van der Waals surface area contributed by atoms with Crippen LogP contribution in [0.2, 0.25) is 0 Å². The highest BCUT2D eigenvalue weighted by atomic mass is 32.1. The van der Waals surface area contributed by atoms with Crippen LogP contribution in [0.3, 0.4) is 0 Å². The highest BCUT2D eigenvalue weighted by Gasteiger charge is 2.10. The van der Waals surface area contributed by atoms with Crippen molar-refractivity contribution in [1.82, 2.24) is 4.98 Å². The lowest BCUT2D eigenvalue weighted by molar-refractivity contribution is -0.132. The number of carbonyl (C=O) groups is 1. The van der Waals surface area contributed by atoms with Crippen molar-refractivity contribution in [2.24, 2.45) is 5.11 Å². The molecule has 1 aromatic heterocycles. The Bertz CT molecular complexity index is 731. The van der Waals surface area contributed by atoms with Gasteiger partial charge in [-0.05, 0) is 23.7 Å². The maximum Gasteiger partial charge on any atom is 0.338 e. The average Bonchev–Trinajstić information content (AvgIpc) is 2.87. The van der Waals surface area contributed by atoms with Crippen molar-refractivity contribution in [1.29, 1.82) is 0 Å². The Morgan fingerprint density at radius 2 is 2.25 bits per heavy atom. The topological polar surface area (TPSA) is 99.0 Å². The van der Waals surface area contributed by atoms with Crippen LogP contribution >= 0.6 is 11.3 Å². The second-order valence-electron chi connectivity index (χ2n) is 3.57. The van der Waals surface area contributed by atoms with Gasteiger partial charge in [0.15, 0.2) is 0 Å². The Morgan fingerprint density at radius 1 is 1.50 bits per heavy atom. The molecular formula is C12H7FN4O2S. The van der Waals surface area contributed by atoms with Crippen LogP contribution < -0.4 is 0 Å². The molecule has 0 atom stereocenters. The van der Waals surface area contributed by atoms with Crippen LogP contribution in [0.15, 0.2) is 41.3 Å². The van der Waals surface area contributed by atoms with E-state index in [1.54, 1.807) is 18.2 Å². The van der Waals surface area contributed by atoms with E-state index < -0.39 is 17.5 Å². The summed E-state index contributed by atoms with van der Waals surface area (Å²) in [6.45, 7) is 0. The Morgan fingerprint density at radius 3 is 2.90 bits per heavy atom. The van der Waals surface area contributed by atoms with Crippen molar-refractivity contribution in [3.05, 3.63) is 57.3 Å². The minimum absolute atomic E-state index is 0.331. The summed E-state index contributed by atoms with van der Waals surface area (Å²) >= 11 is 1.10. The van der Waals surface area contributed by atoms with E-state index in [9.17, 15) is 9.18 Å². The van der Waals surface area contributed by atoms with Crippen LogP contribution in [0.25, 0.3) is 27.1 Å². The number of carboxylic acid groups (broad SMARTS) is 1. The monoisotopic (exact) mass is 290 g/mol. The normalized spacial score (nSPS) is 10.9. The molecule has 2 aromatic rings. The van der Waals surface area contributed by atoms with Crippen molar-refractivity contribution in [3.63, 3.8) is 0 Å². The predicted molar refractivity (Wildman–Crippen MR) is 72.3 cm³/mol. The summed E-state index contributed by atoms with van der Waals surface area (Å²) in [7, 11) is 0. The fourth-order valence-electron chi connectivity index (χ4n) is 1.43. The van der Waals surface area contributed by atoms with Gasteiger partial charge in [0.2, 0.25) is 0 Å². The molecule has 0 saturated heterocycles. The molecule has 1 aromatic carbocycles. The standard InChI is InChI=1S/C12H7FN4O2S/c13-9-4-2-1-3-8(9)11-15-6-7(20-11)5-10(12(18)19)16-17-14/h1-6H,(H,18,19)/b10-5-. The maximum absolute atomic E-state index is 13.6. The second-order valence-corrected chi connectivity index (χ2v) is 4.63. The minimum atomic E-state index is -1.34. The van der Waals surface area contributed by atoms with Gasteiger partial charge in [-0.25, -0.2) is 14.2 Å². The van der Waals surface area contributed by atoms with Gasteiger partial charge in [0.05, 0.1) is 0 Å². The quantitative estimate of drug-likeness (QED) is 0.402. The van der Waals surface area contributed by atoms with E-state index in [0.717, 1.165) is 11.3 Å². The van der Waals surface area contributed by atoms with Crippen molar-refractivity contribution >= 4 is 23.4 Å². The third-order valence-corrected chi connectivity index (χ3v) is 3.26. The molecule has 0 unspecified atom stereocenters. The molecule has 0 bridgehead atoms. The third-order valence-electron chi connectivity index (χ3n) is 2.28. The SMILES string of the molecule is [N-]=[N+]=N/C(=C\c1cnc(-c2ccccc2F)s1)C(=O)O. The highest BCUT2D eigenvalue weighted by molar-refractivity contribution is 7.15. The molecule has 2 rings (SSSR count).